The molecule has 0 spiro atoms. The monoisotopic (exact) mass is 425 g/mol. The van der Waals surface area contributed by atoms with Crippen LogP contribution in [-0.4, -0.2) is 33.3 Å². The zero-order chi connectivity index (χ0) is 21.6. The van der Waals surface area contributed by atoms with Crippen LogP contribution in [0.15, 0.2) is 47.4 Å². The zero-order valence-electron chi connectivity index (χ0n) is 15.8. The second-order valence-electron chi connectivity index (χ2n) is 6.45. The highest BCUT2D eigenvalue weighted by atomic mass is 32.2. The van der Waals surface area contributed by atoms with Gasteiger partial charge in [0, 0.05) is 30.3 Å². The molecule has 0 unspecified atom stereocenters. The quantitative estimate of drug-likeness (QED) is 0.565. The molecule has 0 aliphatic carbocycles. The summed E-state index contributed by atoms with van der Waals surface area (Å²) in [6.45, 7) is 3.23. The van der Waals surface area contributed by atoms with Gasteiger partial charge in [-0.2, -0.15) is 0 Å². The lowest BCUT2D eigenvalue weighted by Crippen LogP contribution is -2.35. The molecule has 0 aromatic heterocycles. The summed E-state index contributed by atoms with van der Waals surface area (Å²) in [5.41, 5.74) is 0.858. The predicted molar refractivity (Wildman–Crippen MR) is 104 cm³/mol. The third-order valence-corrected chi connectivity index (χ3v) is 5.30. The van der Waals surface area contributed by atoms with Crippen molar-refractivity contribution >= 4 is 27.5 Å². The number of hydrogen-bond acceptors (Lipinski definition) is 4. The second-order valence-corrected chi connectivity index (χ2v) is 8.19. The highest BCUT2D eigenvalue weighted by Crippen LogP contribution is 2.15. The standard InChI is InChI=1S/C19H21F2N3O4S/c1-12(2)18(25)24-15-6-3-13(4-7-15)19(26)22-9-10-23-29(27,28)17-11-14(20)5-8-16(17)21/h3-8,11-12,23H,9-10H2,1-2H3,(H,22,26)(H,24,25). The summed E-state index contributed by atoms with van der Waals surface area (Å²) in [6, 6.07) is 8.29. The first-order valence-corrected chi connectivity index (χ1v) is 10.2. The molecular formula is C19H21F2N3O4S. The lowest BCUT2D eigenvalue weighted by molar-refractivity contribution is -0.118. The van der Waals surface area contributed by atoms with E-state index in [0.717, 1.165) is 12.1 Å². The Morgan fingerprint density at radius 2 is 1.66 bits per heavy atom. The normalized spacial score (nSPS) is 11.3. The van der Waals surface area contributed by atoms with Crippen LogP contribution in [0, 0.1) is 17.6 Å². The number of anilines is 1. The van der Waals surface area contributed by atoms with E-state index in [9.17, 15) is 26.8 Å². The van der Waals surface area contributed by atoms with Crippen molar-refractivity contribution in [2.75, 3.05) is 18.4 Å². The van der Waals surface area contributed by atoms with Crippen molar-refractivity contribution in [1.82, 2.24) is 10.0 Å². The molecule has 0 aliphatic heterocycles. The second kappa shape index (κ2) is 9.57. The third kappa shape index (κ3) is 6.33. The minimum atomic E-state index is -4.26. The minimum Gasteiger partial charge on any atom is -0.351 e. The molecule has 0 aliphatic rings. The minimum absolute atomic E-state index is 0.0686. The smallest absolute Gasteiger partial charge is 0.251 e. The van der Waals surface area contributed by atoms with Crippen LogP contribution in [0.2, 0.25) is 0 Å². The zero-order valence-corrected chi connectivity index (χ0v) is 16.6. The molecule has 156 valence electrons. The molecule has 0 fully saturated rings. The highest BCUT2D eigenvalue weighted by molar-refractivity contribution is 7.89. The SMILES string of the molecule is CC(C)C(=O)Nc1ccc(C(=O)NCCNS(=O)(=O)c2cc(F)ccc2F)cc1. The molecule has 0 radical (unpaired) electrons. The van der Waals surface area contributed by atoms with E-state index in [1.165, 1.54) is 12.1 Å². The molecule has 2 aromatic rings. The van der Waals surface area contributed by atoms with E-state index in [0.29, 0.717) is 17.3 Å². The van der Waals surface area contributed by atoms with Gasteiger partial charge in [-0.05, 0) is 42.5 Å². The lowest BCUT2D eigenvalue weighted by Gasteiger charge is -2.10. The number of hydrogen-bond donors (Lipinski definition) is 3. The Balaban J connectivity index is 1.86. The molecule has 0 atom stereocenters. The summed E-state index contributed by atoms with van der Waals surface area (Å²) >= 11 is 0. The van der Waals surface area contributed by atoms with Crippen LogP contribution < -0.4 is 15.4 Å². The molecule has 2 aromatic carbocycles. The maximum Gasteiger partial charge on any atom is 0.251 e. The van der Waals surface area contributed by atoms with Crippen LogP contribution in [0.5, 0.6) is 0 Å². The van der Waals surface area contributed by atoms with E-state index >= 15 is 0 Å². The fourth-order valence-corrected chi connectivity index (χ4v) is 3.33. The van der Waals surface area contributed by atoms with Gasteiger partial charge in [0.1, 0.15) is 16.5 Å². The van der Waals surface area contributed by atoms with Crippen molar-refractivity contribution in [2.45, 2.75) is 18.7 Å². The van der Waals surface area contributed by atoms with Crippen LogP contribution in [-0.2, 0) is 14.8 Å². The van der Waals surface area contributed by atoms with Crippen LogP contribution in [0.25, 0.3) is 0 Å². The Labute approximate surface area is 167 Å². The maximum absolute atomic E-state index is 13.6. The number of carbonyl (C=O) groups is 2. The van der Waals surface area contributed by atoms with E-state index in [2.05, 4.69) is 15.4 Å². The first-order chi connectivity index (χ1) is 13.6. The predicted octanol–water partition coefficient (Wildman–Crippen LogP) is 2.27. The van der Waals surface area contributed by atoms with E-state index < -0.39 is 32.5 Å². The van der Waals surface area contributed by atoms with Gasteiger partial charge in [-0.15, -0.1) is 0 Å². The third-order valence-electron chi connectivity index (χ3n) is 3.82. The number of sulfonamides is 1. The van der Waals surface area contributed by atoms with E-state index in [1.54, 1.807) is 26.0 Å². The molecule has 0 saturated carbocycles. The molecule has 2 amide bonds. The van der Waals surface area contributed by atoms with Crippen molar-refractivity contribution < 1.29 is 26.8 Å². The summed E-state index contributed by atoms with van der Waals surface area (Å²) < 4.78 is 52.9. The van der Waals surface area contributed by atoms with Crippen molar-refractivity contribution in [3.63, 3.8) is 0 Å². The Morgan fingerprint density at radius 3 is 2.28 bits per heavy atom. The van der Waals surface area contributed by atoms with Gasteiger partial charge in [-0.1, -0.05) is 13.8 Å². The van der Waals surface area contributed by atoms with Gasteiger partial charge in [-0.25, -0.2) is 21.9 Å². The van der Waals surface area contributed by atoms with Gasteiger partial charge in [0.25, 0.3) is 5.91 Å². The summed E-state index contributed by atoms with van der Waals surface area (Å²) in [7, 11) is -4.26. The molecular weight excluding hydrogens is 404 g/mol. The van der Waals surface area contributed by atoms with Gasteiger partial charge < -0.3 is 10.6 Å². The molecule has 0 saturated heterocycles. The number of carbonyl (C=O) groups excluding carboxylic acids is 2. The number of amides is 2. The van der Waals surface area contributed by atoms with Gasteiger partial charge in [0.2, 0.25) is 15.9 Å². The van der Waals surface area contributed by atoms with E-state index in [1.807, 2.05) is 0 Å². The summed E-state index contributed by atoms with van der Waals surface area (Å²) in [4.78, 5) is 22.9. The van der Waals surface area contributed by atoms with Crippen molar-refractivity contribution in [3.8, 4) is 0 Å². The van der Waals surface area contributed by atoms with Gasteiger partial charge in [0.15, 0.2) is 0 Å². The number of halogens is 2. The average molecular weight is 425 g/mol. The van der Waals surface area contributed by atoms with Gasteiger partial charge in [0.05, 0.1) is 0 Å². The number of benzene rings is 2. The molecule has 0 heterocycles. The van der Waals surface area contributed by atoms with Gasteiger partial charge in [-0.3, -0.25) is 9.59 Å². The van der Waals surface area contributed by atoms with Crippen molar-refractivity contribution in [2.24, 2.45) is 5.92 Å². The van der Waals surface area contributed by atoms with Crippen molar-refractivity contribution in [3.05, 3.63) is 59.7 Å². The topological polar surface area (TPSA) is 104 Å². The first-order valence-electron chi connectivity index (χ1n) is 8.74. The van der Waals surface area contributed by atoms with Crippen LogP contribution in [0.1, 0.15) is 24.2 Å². The Kier molecular flexibility index (Phi) is 7.40. The molecule has 2 rings (SSSR count). The molecule has 0 bridgehead atoms. The molecule has 3 N–H and O–H groups in total. The van der Waals surface area contributed by atoms with Crippen LogP contribution in [0.3, 0.4) is 0 Å². The molecule has 7 nitrogen and oxygen atoms in total. The number of nitrogens with one attached hydrogen (secondary N) is 3. The highest BCUT2D eigenvalue weighted by Gasteiger charge is 2.19. The maximum atomic E-state index is 13.6. The Morgan fingerprint density at radius 1 is 1.00 bits per heavy atom. The molecule has 29 heavy (non-hydrogen) atoms. The Bertz CT molecular complexity index is 993. The van der Waals surface area contributed by atoms with E-state index in [-0.39, 0.29) is 24.9 Å². The van der Waals surface area contributed by atoms with Gasteiger partial charge >= 0.3 is 0 Å². The van der Waals surface area contributed by atoms with Crippen LogP contribution >= 0.6 is 0 Å². The average Bonchev–Trinajstić information content (AvgIpc) is 2.67. The summed E-state index contributed by atoms with van der Waals surface area (Å²) in [5, 5.41) is 5.20. The fourth-order valence-electron chi connectivity index (χ4n) is 2.22. The lowest BCUT2D eigenvalue weighted by atomic mass is 10.1. The van der Waals surface area contributed by atoms with Crippen LogP contribution in [0.4, 0.5) is 14.5 Å². The largest absolute Gasteiger partial charge is 0.351 e. The summed E-state index contributed by atoms with van der Waals surface area (Å²) in [6.07, 6.45) is 0. The summed E-state index contributed by atoms with van der Waals surface area (Å²) in [5.74, 6) is -2.74. The Hall–Kier alpha value is -2.85. The number of rotatable bonds is 8. The van der Waals surface area contributed by atoms with E-state index in [4.69, 9.17) is 0 Å². The molecule has 10 heteroatoms. The van der Waals surface area contributed by atoms with Crippen molar-refractivity contribution in [1.29, 1.82) is 0 Å². The fraction of sp³-hybridized carbons (Fsp3) is 0.263. The first kappa shape index (κ1) is 22.4.